The van der Waals surface area contributed by atoms with E-state index in [4.69, 9.17) is 4.74 Å². The van der Waals surface area contributed by atoms with Gasteiger partial charge < -0.3 is 15.2 Å². The second-order valence-electron chi connectivity index (χ2n) is 6.86. The Morgan fingerprint density at radius 1 is 1.22 bits per heavy atom. The fraction of sp³-hybridized carbons (Fsp3) is 0.333. The molecule has 0 aliphatic heterocycles. The van der Waals surface area contributed by atoms with Crippen LogP contribution in [0.5, 0.6) is 5.75 Å². The number of carboxylic acids is 1. The van der Waals surface area contributed by atoms with Crippen LogP contribution in [0.3, 0.4) is 0 Å². The van der Waals surface area contributed by atoms with Crippen molar-refractivity contribution in [3.8, 4) is 5.75 Å². The predicted molar refractivity (Wildman–Crippen MR) is 100 cm³/mol. The van der Waals surface area contributed by atoms with Gasteiger partial charge in [0.25, 0.3) is 0 Å². The van der Waals surface area contributed by atoms with E-state index < -0.39 is 17.4 Å². The highest BCUT2D eigenvalue weighted by Gasteiger charge is 2.33. The molecule has 2 aromatic rings. The Morgan fingerprint density at radius 2 is 1.93 bits per heavy atom. The third kappa shape index (κ3) is 5.54. The van der Waals surface area contributed by atoms with Crippen molar-refractivity contribution < 1.29 is 23.8 Å². The first-order valence-electron chi connectivity index (χ1n) is 8.66. The van der Waals surface area contributed by atoms with Crippen LogP contribution in [0.2, 0.25) is 0 Å². The fourth-order valence-corrected chi connectivity index (χ4v) is 2.99. The molecule has 0 bridgehead atoms. The molecule has 0 saturated carbocycles. The largest absolute Gasteiger partial charge is 0.497 e. The van der Waals surface area contributed by atoms with Gasteiger partial charge in [-0.1, -0.05) is 31.2 Å². The number of hydrogen-bond donors (Lipinski definition) is 2. The highest BCUT2D eigenvalue weighted by atomic mass is 19.1. The number of aliphatic carboxylic acids is 1. The van der Waals surface area contributed by atoms with E-state index in [1.807, 2.05) is 0 Å². The van der Waals surface area contributed by atoms with Gasteiger partial charge in [-0.05, 0) is 48.7 Å². The van der Waals surface area contributed by atoms with Gasteiger partial charge in [0.2, 0.25) is 5.91 Å². The van der Waals surface area contributed by atoms with Crippen LogP contribution in [0.1, 0.15) is 31.4 Å². The number of carbonyl (C=O) groups excluding carboxylic acids is 1. The molecule has 0 aliphatic rings. The minimum Gasteiger partial charge on any atom is -0.497 e. The molecule has 2 atom stereocenters. The third-order valence-electron chi connectivity index (χ3n) is 4.49. The zero-order valence-electron chi connectivity index (χ0n) is 15.7. The summed E-state index contributed by atoms with van der Waals surface area (Å²) in [7, 11) is 1.52. The van der Waals surface area contributed by atoms with Crippen LogP contribution in [0.4, 0.5) is 4.39 Å². The van der Waals surface area contributed by atoms with Crippen molar-refractivity contribution in [2.45, 2.75) is 32.2 Å². The van der Waals surface area contributed by atoms with Gasteiger partial charge in [-0.25, -0.2) is 4.39 Å². The van der Waals surface area contributed by atoms with E-state index in [0.29, 0.717) is 23.3 Å². The normalized spacial score (nSPS) is 14.1. The lowest BCUT2D eigenvalue weighted by Gasteiger charge is -2.31. The van der Waals surface area contributed by atoms with E-state index in [-0.39, 0.29) is 18.1 Å². The molecule has 2 aromatic carbocycles. The van der Waals surface area contributed by atoms with Crippen LogP contribution in [0.25, 0.3) is 0 Å². The molecule has 0 heterocycles. The third-order valence-corrected chi connectivity index (χ3v) is 4.49. The van der Waals surface area contributed by atoms with Gasteiger partial charge in [0.1, 0.15) is 11.6 Å². The molecule has 0 spiro atoms. The first-order chi connectivity index (χ1) is 12.7. The van der Waals surface area contributed by atoms with Gasteiger partial charge in [-0.2, -0.15) is 0 Å². The smallest absolute Gasteiger partial charge is 0.306 e. The number of rotatable bonds is 8. The number of halogens is 1. The summed E-state index contributed by atoms with van der Waals surface area (Å²) in [4.78, 5) is 24.1. The van der Waals surface area contributed by atoms with E-state index in [0.717, 1.165) is 0 Å². The van der Waals surface area contributed by atoms with Crippen molar-refractivity contribution in [3.05, 3.63) is 65.5 Å². The summed E-state index contributed by atoms with van der Waals surface area (Å²) < 4.78 is 18.6. The summed E-state index contributed by atoms with van der Waals surface area (Å²) in [6.07, 6.45) is 0.0729. The number of carboxylic acid groups (broad SMARTS) is 1. The summed E-state index contributed by atoms with van der Waals surface area (Å²) in [6, 6.07) is 13.0. The molecule has 144 valence electrons. The molecule has 27 heavy (non-hydrogen) atoms. The molecule has 0 radical (unpaired) electrons. The topological polar surface area (TPSA) is 75.6 Å². The minimum absolute atomic E-state index is 0.279. The Bertz CT molecular complexity index is 823. The monoisotopic (exact) mass is 373 g/mol. The second-order valence-corrected chi connectivity index (χ2v) is 6.86. The Kier molecular flexibility index (Phi) is 6.55. The molecule has 5 nitrogen and oxygen atoms in total. The van der Waals surface area contributed by atoms with Gasteiger partial charge in [-0.15, -0.1) is 0 Å². The second kappa shape index (κ2) is 8.66. The minimum atomic E-state index is -1.10. The predicted octanol–water partition coefficient (Wildman–Crippen LogP) is 3.52. The first-order valence-corrected chi connectivity index (χ1v) is 8.66. The van der Waals surface area contributed by atoms with Gasteiger partial charge in [0, 0.05) is 5.92 Å². The standard InChI is InChI=1S/C21H24FNO4/c1-14(10-15-6-4-8-17(22)11-15)20(26)23-21(2,13-19(24)25)16-7-5-9-18(12-16)27-3/h4-9,11-12,14H,10,13H2,1-3H3,(H,23,26)(H,24,25). The van der Waals surface area contributed by atoms with Crippen LogP contribution in [0, 0.1) is 11.7 Å². The molecule has 2 rings (SSSR count). The van der Waals surface area contributed by atoms with Crippen molar-refractivity contribution >= 4 is 11.9 Å². The molecule has 6 heteroatoms. The Labute approximate surface area is 158 Å². The number of carbonyl (C=O) groups is 2. The molecule has 2 N–H and O–H groups in total. The lowest BCUT2D eigenvalue weighted by Crippen LogP contribution is -2.47. The highest BCUT2D eigenvalue weighted by molar-refractivity contribution is 5.81. The summed E-state index contributed by atoms with van der Waals surface area (Å²) in [5.41, 5.74) is 0.239. The lowest BCUT2D eigenvalue weighted by molar-refractivity contribution is -0.139. The Hall–Kier alpha value is -2.89. The van der Waals surface area contributed by atoms with E-state index in [9.17, 15) is 19.1 Å². The summed E-state index contributed by atoms with van der Waals surface area (Å²) in [5, 5.41) is 12.2. The van der Waals surface area contributed by atoms with Crippen LogP contribution in [-0.2, 0) is 21.5 Å². The van der Waals surface area contributed by atoms with Crippen LogP contribution in [0.15, 0.2) is 48.5 Å². The zero-order chi connectivity index (χ0) is 20.0. The maximum Gasteiger partial charge on any atom is 0.306 e. The molecule has 2 unspecified atom stereocenters. The molecule has 0 aromatic heterocycles. The summed E-state index contributed by atoms with van der Waals surface area (Å²) in [6.45, 7) is 3.40. The van der Waals surface area contributed by atoms with Gasteiger partial charge >= 0.3 is 5.97 Å². The number of benzene rings is 2. The molecule has 0 saturated heterocycles. The number of nitrogens with one attached hydrogen (secondary N) is 1. The van der Waals surface area contributed by atoms with E-state index in [1.54, 1.807) is 50.2 Å². The average Bonchev–Trinajstić information content (AvgIpc) is 2.61. The maximum atomic E-state index is 13.3. The van der Waals surface area contributed by atoms with Crippen molar-refractivity contribution in [1.82, 2.24) is 5.32 Å². The quantitative estimate of drug-likeness (QED) is 0.742. The lowest BCUT2D eigenvalue weighted by atomic mass is 9.87. The molecule has 1 amide bonds. The maximum absolute atomic E-state index is 13.3. The average molecular weight is 373 g/mol. The number of methoxy groups -OCH3 is 1. The summed E-state index contributed by atoms with van der Waals surface area (Å²) >= 11 is 0. The van der Waals surface area contributed by atoms with Gasteiger partial charge in [0.05, 0.1) is 19.1 Å². The van der Waals surface area contributed by atoms with E-state index >= 15 is 0 Å². The van der Waals surface area contributed by atoms with Gasteiger partial charge in [0.15, 0.2) is 0 Å². The SMILES string of the molecule is COc1cccc(C(C)(CC(=O)O)NC(=O)C(C)Cc2cccc(F)c2)c1. The molecular formula is C21H24FNO4. The fourth-order valence-electron chi connectivity index (χ4n) is 2.99. The molecule has 0 aliphatic carbocycles. The molecule has 0 fully saturated rings. The Morgan fingerprint density at radius 3 is 2.56 bits per heavy atom. The summed E-state index contributed by atoms with van der Waals surface area (Å²) in [5.74, 6) is -1.56. The highest BCUT2D eigenvalue weighted by Crippen LogP contribution is 2.28. The van der Waals surface area contributed by atoms with Crippen LogP contribution in [-0.4, -0.2) is 24.1 Å². The zero-order valence-corrected chi connectivity index (χ0v) is 15.7. The van der Waals surface area contributed by atoms with Crippen molar-refractivity contribution in [1.29, 1.82) is 0 Å². The number of ether oxygens (including phenoxy) is 1. The number of amides is 1. The first kappa shape index (κ1) is 20.4. The van der Waals surface area contributed by atoms with Crippen LogP contribution < -0.4 is 10.1 Å². The van der Waals surface area contributed by atoms with Crippen molar-refractivity contribution in [2.75, 3.05) is 7.11 Å². The Balaban J connectivity index is 2.21. The number of hydrogen-bond acceptors (Lipinski definition) is 3. The van der Waals surface area contributed by atoms with Crippen LogP contribution >= 0.6 is 0 Å². The van der Waals surface area contributed by atoms with Gasteiger partial charge in [-0.3, -0.25) is 9.59 Å². The molecular weight excluding hydrogens is 349 g/mol. The van der Waals surface area contributed by atoms with Crippen molar-refractivity contribution in [3.63, 3.8) is 0 Å². The van der Waals surface area contributed by atoms with E-state index in [1.165, 1.54) is 19.2 Å². The van der Waals surface area contributed by atoms with Crippen molar-refractivity contribution in [2.24, 2.45) is 5.92 Å². The van der Waals surface area contributed by atoms with E-state index in [2.05, 4.69) is 5.32 Å².